The van der Waals surface area contributed by atoms with Crippen LogP contribution < -0.4 is 5.32 Å². The molecule has 2 amide bonds. The van der Waals surface area contributed by atoms with Crippen LogP contribution in [-0.4, -0.2) is 66.5 Å². The molecular formula is C21H30N4O2. The minimum atomic E-state index is -0.104. The van der Waals surface area contributed by atoms with Gasteiger partial charge in [-0.2, -0.15) is 0 Å². The van der Waals surface area contributed by atoms with Gasteiger partial charge in [-0.15, -0.1) is 0 Å². The van der Waals surface area contributed by atoms with Crippen LogP contribution in [0.3, 0.4) is 0 Å². The molecule has 0 spiro atoms. The predicted molar refractivity (Wildman–Crippen MR) is 108 cm³/mol. The van der Waals surface area contributed by atoms with E-state index < -0.39 is 0 Å². The molecule has 1 unspecified atom stereocenters. The fourth-order valence-electron chi connectivity index (χ4n) is 3.75. The lowest BCUT2D eigenvalue weighted by Gasteiger charge is -2.32. The summed E-state index contributed by atoms with van der Waals surface area (Å²) >= 11 is 0. The number of para-hydroxylation sites is 1. The highest BCUT2D eigenvalue weighted by Gasteiger charge is 2.29. The number of carbonyl (C=O) groups is 2. The number of hydrogen-bond acceptors (Lipinski definition) is 3. The minimum absolute atomic E-state index is 0.0615. The third-order valence-corrected chi connectivity index (χ3v) is 5.34. The Bertz CT molecular complexity index is 812. The van der Waals surface area contributed by atoms with Gasteiger partial charge < -0.3 is 19.7 Å². The number of nitrogens with zero attached hydrogens (tertiary/aromatic N) is 3. The molecule has 6 nitrogen and oxygen atoms in total. The van der Waals surface area contributed by atoms with Gasteiger partial charge in [0.2, 0.25) is 11.8 Å². The van der Waals surface area contributed by atoms with E-state index in [0.29, 0.717) is 32.5 Å². The van der Waals surface area contributed by atoms with Gasteiger partial charge in [0.25, 0.3) is 0 Å². The van der Waals surface area contributed by atoms with E-state index in [1.807, 2.05) is 31.1 Å². The number of nitrogens with one attached hydrogen (secondary N) is 1. The molecule has 1 fully saturated rings. The maximum atomic E-state index is 12.6. The van der Waals surface area contributed by atoms with E-state index in [-0.39, 0.29) is 17.7 Å². The molecule has 1 saturated heterocycles. The first-order valence-electron chi connectivity index (χ1n) is 9.71. The summed E-state index contributed by atoms with van der Waals surface area (Å²) in [5, 5.41) is 4.30. The van der Waals surface area contributed by atoms with E-state index in [4.69, 9.17) is 0 Å². The molecule has 0 radical (unpaired) electrons. The molecule has 1 aromatic heterocycles. The summed E-state index contributed by atoms with van der Waals surface area (Å²) in [4.78, 5) is 28.6. The Morgan fingerprint density at radius 1 is 1.26 bits per heavy atom. The van der Waals surface area contributed by atoms with Crippen molar-refractivity contribution in [1.29, 1.82) is 0 Å². The molecule has 146 valence electrons. The van der Waals surface area contributed by atoms with Gasteiger partial charge in [0.05, 0.1) is 5.92 Å². The number of fused-ring (bicyclic) bond motifs is 1. The van der Waals surface area contributed by atoms with Crippen molar-refractivity contribution in [3.63, 3.8) is 0 Å². The van der Waals surface area contributed by atoms with Crippen LogP contribution in [0.5, 0.6) is 0 Å². The van der Waals surface area contributed by atoms with Crippen LogP contribution in [0.25, 0.3) is 10.9 Å². The molecule has 1 atom stereocenters. The topological polar surface area (TPSA) is 57.6 Å². The number of aromatic nitrogens is 1. The molecule has 1 aromatic carbocycles. The molecule has 3 rings (SSSR count). The Morgan fingerprint density at radius 3 is 2.81 bits per heavy atom. The lowest BCUT2D eigenvalue weighted by molar-refractivity contribution is -0.138. The summed E-state index contributed by atoms with van der Waals surface area (Å²) in [6.45, 7) is 5.48. The summed E-state index contributed by atoms with van der Waals surface area (Å²) in [5.74, 6) is 0.120. The Kier molecular flexibility index (Phi) is 6.16. The van der Waals surface area contributed by atoms with Gasteiger partial charge in [-0.3, -0.25) is 9.59 Å². The van der Waals surface area contributed by atoms with Crippen molar-refractivity contribution < 1.29 is 9.59 Å². The van der Waals surface area contributed by atoms with Crippen molar-refractivity contribution in [3.8, 4) is 0 Å². The molecule has 2 heterocycles. The van der Waals surface area contributed by atoms with Crippen molar-refractivity contribution in [2.24, 2.45) is 5.92 Å². The van der Waals surface area contributed by atoms with Crippen molar-refractivity contribution in [2.45, 2.75) is 26.3 Å². The molecule has 0 aliphatic carbocycles. The van der Waals surface area contributed by atoms with Gasteiger partial charge >= 0.3 is 0 Å². The summed E-state index contributed by atoms with van der Waals surface area (Å²) in [7, 11) is 3.98. The van der Waals surface area contributed by atoms with Crippen LogP contribution in [0.4, 0.5) is 0 Å². The Labute approximate surface area is 161 Å². The number of rotatable bonds is 7. The van der Waals surface area contributed by atoms with Crippen LogP contribution in [0.15, 0.2) is 30.3 Å². The summed E-state index contributed by atoms with van der Waals surface area (Å²) in [5.41, 5.74) is 2.39. The second-order valence-electron chi connectivity index (χ2n) is 7.67. The maximum absolute atomic E-state index is 12.6. The van der Waals surface area contributed by atoms with Gasteiger partial charge in [-0.25, -0.2) is 0 Å². The fraction of sp³-hybridized carbons (Fsp3) is 0.524. The van der Waals surface area contributed by atoms with Crippen molar-refractivity contribution in [3.05, 3.63) is 36.0 Å². The molecule has 2 aromatic rings. The van der Waals surface area contributed by atoms with Gasteiger partial charge in [-0.1, -0.05) is 18.2 Å². The van der Waals surface area contributed by atoms with Gasteiger partial charge in [-0.05, 0) is 45.0 Å². The zero-order valence-corrected chi connectivity index (χ0v) is 16.6. The highest BCUT2D eigenvalue weighted by atomic mass is 16.2. The number of aryl methyl sites for hydroxylation is 1. The maximum Gasteiger partial charge on any atom is 0.224 e. The average Bonchev–Trinajstić information content (AvgIpc) is 2.96. The third-order valence-electron chi connectivity index (χ3n) is 5.34. The quantitative estimate of drug-likeness (QED) is 0.809. The fourth-order valence-corrected chi connectivity index (χ4v) is 3.75. The molecule has 0 bridgehead atoms. The first-order chi connectivity index (χ1) is 13.0. The van der Waals surface area contributed by atoms with Crippen LogP contribution in [0.1, 0.15) is 18.5 Å². The summed E-state index contributed by atoms with van der Waals surface area (Å²) < 4.78 is 2.24. The van der Waals surface area contributed by atoms with E-state index in [0.717, 1.165) is 13.1 Å². The van der Waals surface area contributed by atoms with Crippen LogP contribution in [0.2, 0.25) is 0 Å². The van der Waals surface area contributed by atoms with E-state index in [1.165, 1.54) is 16.6 Å². The average molecular weight is 370 g/mol. The van der Waals surface area contributed by atoms with Crippen LogP contribution >= 0.6 is 0 Å². The summed E-state index contributed by atoms with van der Waals surface area (Å²) in [6, 6.07) is 10.5. The molecule has 1 N–H and O–H groups in total. The van der Waals surface area contributed by atoms with Crippen molar-refractivity contribution in [1.82, 2.24) is 19.7 Å². The van der Waals surface area contributed by atoms with Crippen LogP contribution in [-0.2, 0) is 16.1 Å². The number of benzene rings is 1. The SMILES string of the molecule is Cc1cc2ccccc2n1CCNC(=O)C1CCC(=O)N(CCN(C)C)C1. The molecular weight excluding hydrogens is 340 g/mol. The Balaban J connectivity index is 1.53. The number of piperidine rings is 1. The standard InChI is InChI=1S/C21H30N4O2/c1-16-14-17-6-4-5-7-19(17)25(16)11-10-22-21(27)18-8-9-20(26)24(15-18)13-12-23(2)3/h4-7,14,18H,8-13,15H2,1-3H3,(H,22,27). The molecule has 1 aliphatic heterocycles. The lowest BCUT2D eigenvalue weighted by Crippen LogP contribution is -2.47. The second kappa shape index (κ2) is 8.57. The molecule has 27 heavy (non-hydrogen) atoms. The van der Waals surface area contributed by atoms with Gasteiger partial charge in [0.15, 0.2) is 0 Å². The van der Waals surface area contributed by atoms with Crippen molar-refractivity contribution in [2.75, 3.05) is 40.3 Å². The zero-order valence-electron chi connectivity index (χ0n) is 16.6. The number of amides is 2. The van der Waals surface area contributed by atoms with E-state index in [2.05, 4.69) is 39.9 Å². The monoisotopic (exact) mass is 370 g/mol. The molecule has 6 heteroatoms. The smallest absolute Gasteiger partial charge is 0.224 e. The predicted octanol–water partition coefficient (Wildman–Crippen LogP) is 1.87. The van der Waals surface area contributed by atoms with Crippen LogP contribution in [0, 0.1) is 12.8 Å². The molecule has 1 aliphatic rings. The number of likely N-dealkylation sites (tertiary alicyclic amines) is 1. The Morgan fingerprint density at radius 2 is 2.04 bits per heavy atom. The second-order valence-corrected chi connectivity index (χ2v) is 7.67. The largest absolute Gasteiger partial charge is 0.354 e. The first kappa shape index (κ1) is 19.4. The van der Waals surface area contributed by atoms with Gasteiger partial charge in [0, 0.05) is 50.4 Å². The minimum Gasteiger partial charge on any atom is -0.354 e. The van der Waals surface area contributed by atoms with Crippen molar-refractivity contribution >= 4 is 22.7 Å². The normalized spacial score (nSPS) is 17.7. The number of likely N-dealkylation sites (N-methyl/N-ethyl adjacent to an activating group) is 1. The number of hydrogen-bond donors (Lipinski definition) is 1. The Hall–Kier alpha value is -2.34. The summed E-state index contributed by atoms with van der Waals surface area (Å²) in [6.07, 6.45) is 1.11. The lowest BCUT2D eigenvalue weighted by atomic mass is 9.96. The van der Waals surface area contributed by atoms with E-state index >= 15 is 0 Å². The highest BCUT2D eigenvalue weighted by Crippen LogP contribution is 2.19. The third kappa shape index (κ3) is 4.69. The van der Waals surface area contributed by atoms with E-state index in [1.54, 1.807) is 0 Å². The van der Waals surface area contributed by atoms with Gasteiger partial charge in [0.1, 0.15) is 0 Å². The first-order valence-corrected chi connectivity index (χ1v) is 9.71. The zero-order chi connectivity index (χ0) is 19.4. The molecule has 0 saturated carbocycles. The van der Waals surface area contributed by atoms with E-state index in [9.17, 15) is 9.59 Å². The highest BCUT2D eigenvalue weighted by molar-refractivity contribution is 5.84. The number of carbonyl (C=O) groups excluding carboxylic acids is 2.